The summed E-state index contributed by atoms with van der Waals surface area (Å²) in [7, 11) is 0. The van der Waals surface area contributed by atoms with Gasteiger partial charge in [0.1, 0.15) is 12.4 Å². The van der Waals surface area contributed by atoms with Gasteiger partial charge in [0, 0.05) is 32.1 Å². The highest BCUT2D eigenvalue weighted by Crippen LogP contribution is 2.29. The second-order valence-corrected chi connectivity index (χ2v) is 7.45. The van der Waals surface area contributed by atoms with Gasteiger partial charge in [-0.05, 0) is 30.9 Å². The van der Waals surface area contributed by atoms with Crippen LogP contribution in [0.5, 0.6) is 5.75 Å². The monoisotopic (exact) mass is 342 g/mol. The van der Waals surface area contributed by atoms with Crippen LogP contribution in [0.1, 0.15) is 31.2 Å². The predicted molar refractivity (Wildman–Crippen MR) is 94.2 cm³/mol. The molecule has 1 unspecified atom stereocenters. The molecule has 0 aromatic heterocycles. The minimum atomic E-state index is -0.105. The van der Waals surface area contributed by atoms with Gasteiger partial charge >= 0.3 is 0 Å². The van der Waals surface area contributed by atoms with E-state index >= 15 is 0 Å². The number of benzene rings is 1. The number of fused-ring (bicyclic) bond motifs is 1. The maximum atomic E-state index is 12.8. The van der Waals surface area contributed by atoms with Crippen molar-refractivity contribution in [3.63, 3.8) is 0 Å². The molecule has 1 aliphatic carbocycles. The summed E-state index contributed by atoms with van der Waals surface area (Å²) in [5.41, 5.74) is 1.11. The quantitative estimate of drug-likeness (QED) is 0.827. The molecular formula is C20H26N2O3. The highest BCUT2D eigenvalue weighted by molar-refractivity contribution is 5.81. The van der Waals surface area contributed by atoms with Crippen molar-refractivity contribution in [2.45, 2.75) is 32.1 Å². The maximum absolute atomic E-state index is 12.8. The molecule has 2 heterocycles. The zero-order chi connectivity index (χ0) is 17.2. The Morgan fingerprint density at radius 1 is 0.880 bits per heavy atom. The standard InChI is InChI=1S/C20H26N2O3/c23-19(15-5-1-2-6-15)21-9-11-22(12-10-21)20(24)17-13-16-7-3-4-8-18(16)25-14-17/h3-4,7-8,15,17H,1-2,5-6,9-14H2. The first-order chi connectivity index (χ1) is 12.2. The lowest BCUT2D eigenvalue weighted by atomic mass is 9.95. The molecule has 1 saturated heterocycles. The van der Waals surface area contributed by atoms with Gasteiger partial charge in [0.05, 0.1) is 5.92 Å². The topological polar surface area (TPSA) is 49.9 Å². The van der Waals surface area contributed by atoms with Crippen molar-refractivity contribution >= 4 is 11.8 Å². The molecule has 2 fully saturated rings. The fourth-order valence-electron chi connectivity index (χ4n) is 4.32. The summed E-state index contributed by atoms with van der Waals surface area (Å²) >= 11 is 0. The molecule has 5 nitrogen and oxygen atoms in total. The Balaban J connectivity index is 1.32. The van der Waals surface area contributed by atoms with E-state index in [-0.39, 0.29) is 17.7 Å². The normalized spacial score (nSPS) is 23.9. The van der Waals surface area contributed by atoms with Crippen LogP contribution in [0.4, 0.5) is 0 Å². The van der Waals surface area contributed by atoms with Gasteiger partial charge in [-0.2, -0.15) is 0 Å². The third kappa shape index (κ3) is 3.37. The van der Waals surface area contributed by atoms with E-state index in [2.05, 4.69) is 0 Å². The Morgan fingerprint density at radius 3 is 2.16 bits per heavy atom. The molecule has 3 aliphatic rings. The number of rotatable bonds is 2. The van der Waals surface area contributed by atoms with Crippen LogP contribution in [0.3, 0.4) is 0 Å². The van der Waals surface area contributed by atoms with E-state index in [1.807, 2.05) is 34.1 Å². The maximum Gasteiger partial charge on any atom is 0.229 e. The Bertz CT molecular complexity index is 646. The number of ether oxygens (including phenoxy) is 1. The smallest absolute Gasteiger partial charge is 0.229 e. The lowest BCUT2D eigenvalue weighted by molar-refractivity contribution is -0.144. The van der Waals surface area contributed by atoms with E-state index in [1.165, 1.54) is 12.8 Å². The predicted octanol–water partition coefficient (Wildman–Crippen LogP) is 2.10. The van der Waals surface area contributed by atoms with Crippen LogP contribution in [0.2, 0.25) is 0 Å². The Kier molecular flexibility index (Phi) is 4.64. The number of hydrogen-bond acceptors (Lipinski definition) is 3. The number of hydrogen-bond donors (Lipinski definition) is 0. The third-order valence-electron chi connectivity index (χ3n) is 5.84. The lowest BCUT2D eigenvalue weighted by Crippen LogP contribution is -2.53. The van der Waals surface area contributed by atoms with Gasteiger partial charge in [0.25, 0.3) is 0 Å². The van der Waals surface area contributed by atoms with Crippen molar-refractivity contribution in [2.75, 3.05) is 32.8 Å². The minimum absolute atomic E-state index is 0.105. The van der Waals surface area contributed by atoms with Gasteiger partial charge in [-0.3, -0.25) is 9.59 Å². The largest absolute Gasteiger partial charge is 0.492 e. The molecule has 1 aromatic carbocycles. The molecule has 1 saturated carbocycles. The molecule has 0 N–H and O–H groups in total. The third-order valence-corrected chi connectivity index (χ3v) is 5.84. The minimum Gasteiger partial charge on any atom is -0.492 e. The first-order valence-corrected chi connectivity index (χ1v) is 9.50. The van der Waals surface area contributed by atoms with Crippen molar-refractivity contribution in [1.29, 1.82) is 0 Å². The summed E-state index contributed by atoms with van der Waals surface area (Å²) < 4.78 is 5.76. The van der Waals surface area contributed by atoms with E-state index in [4.69, 9.17) is 4.74 Å². The molecule has 134 valence electrons. The Labute approximate surface area is 148 Å². The molecule has 0 spiro atoms. The van der Waals surface area contributed by atoms with E-state index in [9.17, 15) is 9.59 Å². The summed E-state index contributed by atoms with van der Waals surface area (Å²) in [4.78, 5) is 29.2. The molecule has 4 rings (SSSR count). The highest BCUT2D eigenvalue weighted by Gasteiger charge is 2.34. The summed E-state index contributed by atoms with van der Waals surface area (Å²) in [5.74, 6) is 1.50. The van der Waals surface area contributed by atoms with Crippen molar-refractivity contribution < 1.29 is 14.3 Å². The fourth-order valence-corrected chi connectivity index (χ4v) is 4.32. The van der Waals surface area contributed by atoms with Crippen LogP contribution in [-0.2, 0) is 16.0 Å². The van der Waals surface area contributed by atoms with Gasteiger partial charge in [-0.1, -0.05) is 31.0 Å². The van der Waals surface area contributed by atoms with Crippen LogP contribution >= 0.6 is 0 Å². The van der Waals surface area contributed by atoms with Crippen molar-refractivity contribution in [2.24, 2.45) is 11.8 Å². The summed E-state index contributed by atoms with van der Waals surface area (Å²) in [6.45, 7) is 3.10. The summed E-state index contributed by atoms with van der Waals surface area (Å²) in [6.07, 6.45) is 5.18. The molecule has 1 atom stereocenters. The zero-order valence-corrected chi connectivity index (χ0v) is 14.7. The lowest BCUT2D eigenvalue weighted by Gasteiger charge is -2.38. The molecule has 1 aromatic rings. The van der Waals surface area contributed by atoms with Crippen LogP contribution < -0.4 is 4.74 Å². The van der Waals surface area contributed by atoms with Gasteiger partial charge in [0.15, 0.2) is 0 Å². The molecule has 25 heavy (non-hydrogen) atoms. The van der Waals surface area contributed by atoms with Crippen LogP contribution in [0, 0.1) is 11.8 Å². The number of carbonyl (C=O) groups is 2. The second-order valence-electron chi connectivity index (χ2n) is 7.45. The SMILES string of the molecule is O=C(C1CCCC1)N1CCN(C(=O)C2COc3ccccc3C2)CC1. The van der Waals surface area contributed by atoms with Crippen molar-refractivity contribution in [3.05, 3.63) is 29.8 Å². The highest BCUT2D eigenvalue weighted by atomic mass is 16.5. The average Bonchev–Trinajstić information content (AvgIpc) is 3.21. The first-order valence-electron chi connectivity index (χ1n) is 9.50. The molecule has 0 radical (unpaired) electrons. The van der Waals surface area contributed by atoms with E-state index < -0.39 is 0 Å². The van der Waals surface area contributed by atoms with Crippen LogP contribution in [0.15, 0.2) is 24.3 Å². The number of nitrogens with zero attached hydrogens (tertiary/aromatic N) is 2. The fraction of sp³-hybridized carbons (Fsp3) is 0.600. The molecule has 2 aliphatic heterocycles. The van der Waals surface area contributed by atoms with Crippen molar-refractivity contribution in [1.82, 2.24) is 9.80 Å². The van der Waals surface area contributed by atoms with Gasteiger partial charge in [-0.25, -0.2) is 0 Å². The van der Waals surface area contributed by atoms with E-state index in [0.717, 1.165) is 30.6 Å². The second kappa shape index (κ2) is 7.06. The van der Waals surface area contributed by atoms with Gasteiger partial charge in [-0.15, -0.1) is 0 Å². The van der Waals surface area contributed by atoms with E-state index in [1.54, 1.807) is 0 Å². The first kappa shape index (κ1) is 16.4. The number of para-hydroxylation sites is 1. The molecule has 2 amide bonds. The Hall–Kier alpha value is -2.04. The van der Waals surface area contributed by atoms with E-state index in [0.29, 0.717) is 38.7 Å². The van der Waals surface area contributed by atoms with Crippen molar-refractivity contribution in [3.8, 4) is 5.75 Å². The molecular weight excluding hydrogens is 316 g/mol. The molecule has 0 bridgehead atoms. The Morgan fingerprint density at radius 2 is 1.48 bits per heavy atom. The summed E-state index contributed by atoms with van der Waals surface area (Å²) in [5, 5.41) is 0. The number of piperazine rings is 1. The zero-order valence-electron chi connectivity index (χ0n) is 14.7. The number of amides is 2. The van der Waals surface area contributed by atoms with Crippen LogP contribution in [-0.4, -0.2) is 54.4 Å². The number of carbonyl (C=O) groups excluding carboxylic acids is 2. The van der Waals surface area contributed by atoms with Gasteiger partial charge < -0.3 is 14.5 Å². The summed E-state index contributed by atoms with van der Waals surface area (Å²) in [6, 6.07) is 7.94. The molecule has 5 heteroatoms. The van der Waals surface area contributed by atoms with Crippen LogP contribution in [0.25, 0.3) is 0 Å². The average molecular weight is 342 g/mol. The van der Waals surface area contributed by atoms with Gasteiger partial charge in [0.2, 0.25) is 11.8 Å².